The van der Waals surface area contributed by atoms with Crippen LogP contribution in [0.3, 0.4) is 0 Å². The van der Waals surface area contributed by atoms with Gasteiger partial charge in [0.15, 0.2) is 5.13 Å². The molecule has 2 aromatic rings. The molecule has 2 aliphatic heterocycles. The zero-order valence-electron chi connectivity index (χ0n) is 17.3. The highest BCUT2D eigenvalue weighted by atomic mass is 32.2. The lowest BCUT2D eigenvalue weighted by Crippen LogP contribution is -2.49. The first-order chi connectivity index (χ1) is 14.8. The number of hydrogen-bond donors (Lipinski definition) is 1. The third-order valence-corrected chi connectivity index (χ3v) is 9.96. The lowest BCUT2D eigenvalue weighted by molar-refractivity contribution is -0.139. The van der Waals surface area contributed by atoms with E-state index in [4.69, 9.17) is 0 Å². The van der Waals surface area contributed by atoms with Crippen LogP contribution in [0.15, 0.2) is 27.1 Å². The number of carbonyl (C=O) groups is 2. The van der Waals surface area contributed by atoms with E-state index in [-0.39, 0.29) is 30.2 Å². The van der Waals surface area contributed by atoms with Gasteiger partial charge in [-0.1, -0.05) is 6.07 Å². The number of carbonyl (C=O) groups excluding carboxylic acids is 2. The Morgan fingerprint density at radius 3 is 2.55 bits per heavy atom. The molecule has 8 nitrogen and oxygen atoms in total. The van der Waals surface area contributed by atoms with Crippen molar-refractivity contribution in [2.75, 3.05) is 31.5 Å². The number of likely N-dealkylation sites (tertiary alicyclic amines) is 1. The second-order valence-corrected chi connectivity index (χ2v) is 12.0. The fraction of sp³-hybridized carbons (Fsp3) is 0.550. The molecule has 0 aromatic carbocycles. The van der Waals surface area contributed by atoms with Crippen molar-refractivity contribution in [3.63, 3.8) is 0 Å². The molecule has 0 saturated carbocycles. The summed E-state index contributed by atoms with van der Waals surface area (Å²) in [4.78, 5) is 31.6. The third kappa shape index (κ3) is 5.00. The molecule has 2 amide bonds. The molecular weight excluding hydrogens is 456 g/mol. The van der Waals surface area contributed by atoms with Crippen molar-refractivity contribution in [3.8, 4) is 0 Å². The van der Waals surface area contributed by atoms with Crippen LogP contribution in [0.1, 0.15) is 31.4 Å². The average molecular weight is 483 g/mol. The molecule has 168 valence electrons. The summed E-state index contributed by atoms with van der Waals surface area (Å²) in [6.07, 6.45) is 2.57. The number of hydrogen-bond acceptors (Lipinski definition) is 7. The largest absolute Gasteiger partial charge is 0.342 e. The van der Waals surface area contributed by atoms with Gasteiger partial charge in [0.2, 0.25) is 11.8 Å². The Balaban J connectivity index is 1.31. The van der Waals surface area contributed by atoms with Crippen molar-refractivity contribution in [1.82, 2.24) is 14.2 Å². The minimum atomic E-state index is -3.54. The number of aromatic nitrogens is 1. The number of anilines is 1. The van der Waals surface area contributed by atoms with E-state index < -0.39 is 10.0 Å². The SMILES string of the molecule is Cc1csc(NC(=O)C2CCN(C(=O)C3CCCN(S(=O)(=O)c4cccs4)C3)CC2)n1. The molecule has 0 spiro atoms. The summed E-state index contributed by atoms with van der Waals surface area (Å²) in [6, 6.07) is 3.33. The summed E-state index contributed by atoms with van der Waals surface area (Å²) in [5.41, 5.74) is 0.878. The Hall–Kier alpha value is -1.82. The molecule has 2 saturated heterocycles. The van der Waals surface area contributed by atoms with Gasteiger partial charge in [-0.3, -0.25) is 9.59 Å². The van der Waals surface area contributed by atoms with Crippen LogP contribution < -0.4 is 5.32 Å². The Morgan fingerprint density at radius 2 is 1.90 bits per heavy atom. The van der Waals surface area contributed by atoms with Gasteiger partial charge in [0.1, 0.15) is 4.21 Å². The van der Waals surface area contributed by atoms with Crippen molar-refractivity contribution in [3.05, 3.63) is 28.6 Å². The van der Waals surface area contributed by atoms with E-state index in [1.807, 2.05) is 12.3 Å². The van der Waals surface area contributed by atoms with Crippen molar-refractivity contribution >= 4 is 49.6 Å². The normalized spacial score (nSPS) is 21.2. The van der Waals surface area contributed by atoms with Crippen molar-refractivity contribution < 1.29 is 18.0 Å². The highest BCUT2D eigenvalue weighted by Crippen LogP contribution is 2.29. The van der Waals surface area contributed by atoms with Crippen molar-refractivity contribution in [1.29, 1.82) is 0 Å². The quantitative estimate of drug-likeness (QED) is 0.706. The molecule has 2 fully saturated rings. The summed E-state index contributed by atoms with van der Waals surface area (Å²) in [5, 5.41) is 7.11. The molecule has 0 radical (unpaired) electrons. The van der Waals surface area contributed by atoms with E-state index in [0.29, 0.717) is 54.7 Å². The summed E-state index contributed by atoms with van der Waals surface area (Å²) < 4.78 is 27.4. The fourth-order valence-corrected chi connectivity index (χ4v) is 7.50. The maximum absolute atomic E-state index is 13.1. The Kier molecular flexibility index (Phi) is 6.75. The molecule has 1 N–H and O–H groups in total. The molecule has 0 bridgehead atoms. The van der Waals surface area contributed by atoms with Gasteiger partial charge >= 0.3 is 0 Å². The van der Waals surface area contributed by atoms with Gasteiger partial charge in [-0.2, -0.15) is 4.31 Å². The van der Waals surface area contributed by atoms with Crippen LogP contribution in [0.4, 0.5) is 5.13 Å². The first-order valence-electron chi connectivity index (χ1n) is 10.4. The first-order valence-corrected chi connectivity index (χ1v) is 13.6. The van der Waals surface area contributed by atoms with Crippen LogP contribution in [0.2, 0.25) is 0 Å². The van der Waals surface area contributed by atoms with Crippen LogP contribution in [0.5, 0.6) is 0 Å². The molecule has 31 heavy (non-hydrogen) atoms. The summed E-state index contributed by atoms with van der Waals surface area (Å²) in [5.74, 6) is -0.518. The van der Waals surface area contributed by atoms with E-state index >= 15 is 0 Å². The molecule has 1 unspecified atom stereocenters. The average Bonchev–Trinajstić information content (AvgIpc) is 3.46. The molecule has 4 rings (SSSR count). The first kappa shape index (κ1) is 22.4. The number of rotatable bonds is 5. The van der Waals surface area contributed by atoms with Crippen molar-refractivity contribution in [2.24, 2.45) is 11.8 Å². The highest BCUT2D eigenvalue weighted by Gasteiger charge is 2.37. The van der Waals surface area contributed by atoms with Crippen molar-refractivity contribution in [2.45, 2.75) is 36.8 Å². The van der Waals surface area contributed by atoms with E-state index in [1.165, 1.54) is 27.0 Å². The predicted molar refractivity (Wildman–Crippen MR) is 121 cm³/mol. The maximum Gasteiger partial charge on any atom is 0.252 e. The molecule has 11 heteroatoms. The Bertz CT molecular complexity index is 1030. The minimum absolute atomic E-state index is 0.000450. The number of nitrogens with zero attached hydrogens (tertiary/aromatic N) is 3. The third-order valence-electron chi connectivity index (χ3n) is 5.85. The zero-order chi connectivity index (χ0) is 22.0. The van der Waals surface area contributed by atoms with Gasteiger partial charge in [0.25, 0.3) is 10.0 Å². The van der Waals surface area contributed by atoms with Crippen LogP contribution in [0.25, 0.3) is 0 Å². The van der Waals surface area contributed by atoms with E-state index in [2.05, 4.69) is 10.3 Å². The standard InChI is InChI=1S/C20H26N4O4S3/c1-14-13-30-20(21-14)22-18(25)15-6-9-23(10-7-15)19(26)16-4-2-8-24(12-16)31(27,28)17-5-3-11-29-17/h3,5,11,13,15-16H,2,4,6-10,12H2,1H3,(H,21,22,25). The fourth-order valence-electron chi connectivity index (χ4n) is 4.14. The van der Waals surface area contributed by atoms with Crippen LogP contribution in [-0.2, 0) is 19.6 Å². The van der Waals surface area contributed by atoms with Gasteiger partial charge in [-0.25, -0.2) is 13.4 Å². The van der Waals surface area contributed by atoms with Crippen LogP contribution in [-0.4, -0.2) is 60.6 Å². The van der Waals surface area contributed by atoms with E-state index in [0.717, 1.165) is 5.69 Å². The molecule has 1 atom stereocenters. The highest BCUT2D eigenvalue weighted by molar-refractivity contribution is 7.91. The number of nitrogens with one attached hydrogen (secondary N) is 1. The van der Waals surface area contributed by atoms with Gasteiger partial charge in [-0.05, 0) is 44.1 Å². The summed E-state index contributed by atoms with van der Waals surface area (Å²) in [6.45, 7) is 3.59. The number of aryl methyl sites for hydroxylation is 1. The number of sulfonamides is 1. The molecule has 4 heterocycles. The number of piperidine rings is 2. The predicted octanol–water partition coefficient (Wildman–Crippen LogP) is 2.79. The van der Waals surface area contributed by atoms with Gasteiger partial charge in [0.05, 0.1) is 11.6 Å². The second kappa shape index (κ2) is 9.35. The smallest absolute Gasteiger partial charge is 0.252 e. The molecular formula is C20H26N4O4S3. The minimum Gasteiger partial charge on any atom is -0.342 e. The number of thiazole rings is 1. The summed E-state index contributed by atoms with van der Waals surface area (Å²) in [7, 11) is -3.54. The van der Waals surface area contributed by atoms with Crippen LogP contribution in [0, 0.1) is 18.8 Å². The van der Waals surface area contributed by atoms with Crippen LogP contribution >= 0.6 is 22.7 Å². The van der Waals surface area contributed by atoms with E-state index in [1.54, 1.807) is 22.4 Å². The monoisotopic (exact) mass is 482 g/mol. The Labute approximate surface area is 190 Å². The zero-order valence-corrected chi connectivity index (χ0v) is 19.8. The molecule has 0 aliphatic carbocycles. The molecule has 2 aromatic heterocycles. The Morgan fingerprint density at radius 1 is 1.13 bits per heavy atom. The topological polar surface area (TPSA) is 99.7 Å². The lowest BCUT2D eigenvalue weighted by Gasteiger charge is -2.37. The van der Waals surface area contributed by atoms with Gasteiger partial charge < -0.3 is 10.2 Å². The maximum atomic E-state index is 13.1. The lowest BCUT2D eigenvalue weighted by atomic mass is 9.93. The molecule has 2 aliphatic rings. The summed E-state index contributed by atoms with van der Waals surface area (Å²) >= 11 is 2.61. The van der Waals surface area contributed by atoms with E-state index in [9.17, 15) is 18.0 Å². The van der Waals surface area contributed by atoms with Gasteiger partial charge in [-0.15, -0.1) is 22.7 Å². The number of thiophene rings is 1. The number of amides is 2. The van der Waals surface area contributed by atoms with Gasteiger partial charge in [0, 0.05) is 37.5 Å². The second-order valence-electron chi connectivity index (χ2n) is 8.02.